The number of hydrogen-bond donors (Lipinski definition) is 1. The van der Waals surface area contributed by atoms with E-state index in [2.05, 4.69) is 15.2 Å². The summed E-state index contributed by atoms with van der Waals surface area (Å²) in [5.74, 6) is 0. The standard InChI is InChI=1S/C21H23ClN4OS/c1-25(14-20-24-17-7-3-4-8-19(17)28-20)21(27)23-15-9-10-18(16(22)13-15)26-11-5-2-6-12-26/h3-4,7-10,13H,2,5-6,11-12,14H2,1H3,(H,23,27). The Hall–Kier alpha value is -2.31. The Bertz CT molecular complexity index is 950. The summed E-state index contributed by atoms with van der Waals surface area (Å²) in [6.45, 7) is 2.54. The van der Waals surface area contributed by atoms with Gasteiger partial charge in [-0.2, -0.15) is 0 Å². The van der Waals surface area contributed by atoms with Crippen LogP contribution in [-0.2, 0) is 6.54 Å². The summed E-state index contributed by atoms with van der Waals surface area (Å²) in [5, 5.41) is 4.52. The van der Waals surface area contributed by atoms with Gasteiger partial charge in [0, 0.05) is 25.8 Å². The minimum Gasteiger partial charge on any atom is -0.370 e. The maximum absolute atomic E-state index is 12.6. The Kier molecular flexibility index (Phi) is 5.69. The predicted molar refractivity (Wildman–Crippen MR) is 118 cm³/mol. The molecule has 1 fully saturated rings. The minimum absolute atomic E-state index is 0.180. The monoisotopic (exact) mass is 414 g/mol. The number of fused-ring (bicyclic) bond motifs is 1. The molecule has 0 unspecified atom stereocenters. The van der Waals surface area contributed by atoms with E-state index >= 15 is 0 Å². The predicted octanol–water partition coefficient (Wildman–Crippen LogP) is 5.60. The van der Waals surface area contributed by atoms with Gasteiger partial charge in [0.2, 0.25) is 0 Å². The number of carbonyl (C=O) groups is 1. The molecule has 146 valence electrons. The lowest BCUT2D eigenvalue weighted by Crippen LogP contribution is -2.31. The SMILES string of the molecule is CN(Cc1nc2ccccc2s1)C(=O)Nc1ccc(N2CCCCC2)c(Cl)c1. The van der Waals surface area contributed by atoms with Gasteiger partial charge in [0.1, 0.15) is 5.01 Å². The van der Waals surface area contributed by atoms with Crippen molar-refractivity contribution in [3.63, 3.8) is 0 Å². The van der Waals surface area contributed by atoms with Crippen LogP contribution in [0.3, 0.4) is 0 Å². The number of hydrogen-bond acceptors (Lipinski definition) is 4. The van der Waals surface area contributed by atoms with Gasteiger partial charge in [-0.3, -0.25) is 0 Å². The molecule has 1 aliphatic rings. The fourth-order valence-corrected chi connectivity index (χ4v) is 4.78. The number of thiazole rings is 1. The van der Waals surface area contributed by atoms with Crippen LogP contribution in [0.1, 0.15) is 24.3 Å². The lowest BCUT2D eigenvalue weighted by atomic mass is 10.1. The summed E-state index contributed by atoms with van der Waals surface area (Å²) in [5.41, 5.74) is 2.71. The Labute approximate surface area is 173 Å². The Morgan fingerprint density at radius 3 is 2.75 bits per heavy atom. The van der Waals surface area contributed by atoms with E-state index in [-0.39, 0.29) is 6.03 Å². The second-order valence-electron chi connectivity index (χ2n) is 7.08. The molecule has 0 radical (unpaired) electrons. The number of piperidine rings is 1. The van der Waals surface area contributed by atoms with E-state index in [0.29, 0.717) is 17.3 Å². The van der Waals surface area contributed by atoms with Gasteiger partial charge in [0.25, 0.3) is 0 Å². The summed E-state index contributed by atoms with van der Waals surface area (Å²) in [6, 6.07) is 13.6. The molecular formula is C21H23ClN4OS. The van der Waals surface area contributed by atoms with Gasteiger partial charge in [-0.15, -0.1) is 11.3 Å². The molecule has 2 aromatic carbocycles. The first kappa shape index (κ1) is 19.0. The number of carbonyl (C=O) groups excluding carboxylic acids is 1. The van der Waals surface area contributed by atoms with Crippen LogP contribution < -0.4 is 10.2 Å². The first-order valence-electron chi connectivity index (χ1n) is 9.51. The molecule has 2 amide bonds. The summed E-state index contributed by atoms with van der Waals surface area (Å²) in [7, 11) is 1.77. The van der Waals surface area contributed by atoms with Crippen molar-refractivity contribution in [3.8, 4) is 0 Å². The quantitative estimate of drug-likeness (QED) is 0.604. The zero-order valence-electron chi connectivity index (χ0n) is 15.8. The second kappa shape index (κ2) is 8.37. The molecule has 5 nitrogen and oxygen atoms in total. The van der Waals surface area contributed by atoms with E-state index in [0.717, 1.165) is 34.0 Å². The highest BCUT2D eigenvalue weighted by atomic mass is 35.5. The van der Waals surface area contributed by atoms with Crippen LogP contribution in [0.2, 0.25) is 5.02 Å². The van der Waals surface area contributed by atoms with Gasteiger partial charge in [-0.25, -0.2) is 9.78 Å². The topological polar surface area (TPSA) is 48.5 Å². The summed E-state index contributed by atoms with van der Waals surface area (Å²) < 4.78 is 1.13. The van der Waals surface area contributed by atoms with Crippen LogP contribution in [0.4, 0.5) is 16.2 Å². The highest BCUT2D eigenvalue weighted by Gasteiger charge is 2.16. The van der Waals surface area contributed by atoms with Crippen molar-refractivity contribution in [1.82, 2.24) is 9.88 Å². The fourth-order valence-electron chi connectivity index (χ4n) is 3.46. The first-order valence-corrected chi connectivity index (χ1v) is 10.7. The number of para-hydroxylation sites is 1. The van der Waals surface area contributed by atoms with Gasteiger partial charge in [-0.1, -0.05) is 23.7 Å². The largest absolute Gasteiger partial charge is 0.370 e. The van der Waals surface area contributed by atoms with Crippen LogP contribution in [0.5, 0.6) is 0 Å². The first-order chi connectivity index (χ1) is 13.6. The number of anilines is 2. The minimum atomic E-state index is -0.180. The smallest absolute Gasteiger partial charge is 0.321 e. The van der Waals surface area contributed by atoms with Crippen molar-refractivity contribution in [1.29, 1.82) is 0 Å². The lowest BCUT2D eigenvalue weighted by Gasteiger charge is -2.29. The molecule has 28 heavy (non-hydrogen) atoms. The molecule has 0 aliphatic carbocycles. The highest BCUT2D eigenvalue weighted by molar-refractivity contribution is 7.18. The number of rotatable bonds is 4. The fraction of sp³-hybridized carbons (Fsp3) is 0.333. The number of urea groups is 1. The number of aromatic nitrogens is 1. The van der Waals surface area contributed by atoms with Crippen molar-refractivity contribution < 1.29 is 4.79 Å². The summed E-state index contributed by atoms with van der Waals surface area (Å²) in [6.07, 6.45) is 3.68. The summed E-state index contributed by atoms with van der Waals surface area (Å²) >= 11 is 8.10. The maximum atomic E-state index is 12.6. The van der Waals surface area contributed by atoms with Gasteiger partial charge in [-0.05, 0) is 49.6 Å². The molecule has 0 atom stereocenters. The zero-order chi connectivity index (χ0) is 19.5. The van der Waals surface area contributed by atoms with Crippen molar-refractivity contribution in [2.45, 2.75) is 25.8 Å². The van der Waals surface area contributed by atoms with E-state index in [1.165, 1.54) is 19.3 Å². The average molecular weight is 415 g/mol. The van der Waals surface area contributed by atoms with E-state index in [1.807, 2.05) is 42.5 Å². The third kappa shape index (κ3) is 4.23. The van der Waals surface area contributed by atoms with Gasteiger partial charge >= 0.3 is 6.03 Å². The van der Waals surface area contributed by atoms with Crippen LogP contribution in [0.15, 0.2) is 42.5 Å². The molecule has 1 saturated heterocycles. The van der Waals surface area contributed by atoms with E-state index in [1.54, 1.807) is 23.3 Å². The van der Waals surface area contributed by atoms with Crippen molar-refractivity contribution in [2.75, 3.05) is 30.4 Å². The Morgan fingerprint density at radius 2 is 2.00 bits per heavy atom. The van der Waals surface area contributed by atoms with Gasteiger partial charge < -0.3 is 15.1 Å². The molecule has 1 N–H and O–H groups in total. The molecule has 3 aromatic rings. The van der Waals surface area contributed by atoms with E-state index in [9.17, 15) is 4.79 Å². The van der Waals surface area contributed by atoms with Gasteiger partial charge in [0.15, 0.2) is 0 Å². The summed E-state index contributed by atoms with van der Waals surface area (Å²) in [4.78, 5) is 21.1. The van der Waals surface area contributed by atoms with E-state index < -0.39 is 0 Å². The molecule has 0 spiro atoms. The third-order valence-corrected chi connectivity index (χ3v) is 6.28. The molecule has 4 rings (SSSR count). The lowest BCUT2D eigenvalue weighted by molar-refractivity contribution is 0.220. The third-order valence-electron chi connectivity index (χ3n) is 4.95. The number of nitrogens with zero attached hydrogens (tertiary/aromatic N) is 3. The molecule has 1 aliphatic heterocycles. The molecular weight excluding hydrogens is 392 g/mol. The van der Waals surface area contributed by atoms with Gasteiger partial charge in [0.05, 0.1) is 27.5 Å². The van der Waals surface area contributed by atoms with Crippen LogP contribution in [0.25, 0.3) is 10.2 Å². The molecule has 2 heterocycles. The van der Waals surface area contributed by atoms with Crippen LogP contribution in [0, 0.1) is 0 Å². The molecule has 7 heteroatoms. The van der Waals surface area contributed by atoms with Crippen molar-refractivity contribution >= 4 is 50.6 Å². The number of nitrogens with one attached hydrogen (secondary N) is 1. The molecule has 1 aromatic heterocycles. The van der Waals surface area contributed by atoms with Crippen molar-refractivity contribution in [2.24, 2.45) is 0 Å². The van der Waals surface area contributed by atoms with Crippen molar-refractivity contribution in [3.05, 3.63) is 52.5 Å². The normalized spacial score (nSPS) is 14.3. The average Bonchev–Trinajstić information content (AvgIpc) is 3.11. The molecule has 0 bridgehead atoms. The Morgan fingerprint density at radius 1 is 1.21 bits per heavy atom. The zero-order valence-corrected chi connectivity index (χ0v) is 17.4. The number of benzene rings is 2. The number of halogens is 1. The maximum Gasteiger partial charge on any atom is 0.321 e. The van der Waals surface area contributed by atoms with Crippen LogP contribution in [-0.4, -0.2) is 36.1 Å². The second-order valence-corrected chi connectivity index (χ2v) is 8.60. The highest BCUT2D eigenvalue weighted by Crippen LogP contribution is 2.31. The van der Waals surface area contributed by atoms with Crippen LogP contribution >= 0.6 is 22.9 Å². The molecule has 0 saturated carbocycles. The van der Waals surface area contributed by atoms with E-state index in [4.69, 9.17) is 11.6 Å². The number of amides is 2. The Balaban J connectivity index is 1.40.